The number of carbonyl (C=O) groups excluding carboxylic acids is 1. The molecule has 1 aromatic carbocycles. The summed E-state index contributed by atoms with van der Waals surface area (Å²) in [6.07, 6.45) is 3.90. The maximum Gasteiger partial charge on any atom is 0.225 e. The second-order valence-corrected chi connectivity index (χ2v) is 5.88. The van der Waals surface area contributed by atoms with E-state index in [1.54, 1.807) is 4.90 Å². The van der Waals surface area contributed by atoms with E-state index in [0.29, 0.717) is 6.54 Å². The summed E-state index contributed by atoms with van der Waals surface area (Å²) in [5, 5.41) is 0.719. The average Bonchev–Trinajstić information content (AvgIpc) is 2.40. The van der Waals surface area contributed by atoms with Crippen molar-refractivity contribution in [2.45, 2.75) is 38.3 Å². The van der Waals surface area contributed by atoms with Crippen LogP contribution in [0.1, 0.15) is 31.2 Å². The zero-order valence-corrected chi connectivity index (χ0v) is 12.1. The Balaban J connectivity index is 1.93. The van der Waals surface area contributed by atoms with Gasteiger partial charge < -0.3 is 10.6 Å². The van der Waals surface area contributed by atoms with E-state index in [0.717, 1.165) is 36.3 Å². The van der Waals surface area contributed by atoms with Crippen molar-refractivity contribution in [3.8, 4) is 0 Å². The van der Waals surface area contributed by atoms with Gasteiger partial charge in [-0.2, -0.15) is 0 Å². The van der Waals surface area contributed by atoms with Crippen molar-refractivity contribution in [1.29, 1.82) is 0 Å². The molecule has 19 heavy (non-hydrogen) atoms. The minimum Gasteiger partial charge on any atom is -0.341 e. The lowest BCUT2D eigenvalue weighted by molar-refractivity contribution is -0.135. The van der Waals surface area contributed by atoms with Gasteiger partial charge in [0.2, 0.25) is 5.91 Å². The molecule has 0 bridgehead atoms. The van der Waals surface area contributed by atoms with Gasteiger partial charge in [0, 0.05) is 30.6 Å². The number of nitrogens with two attached hydrogens (primary N) is 1. The molecule has 2 rings (SSSR count). The predicted molar refractivity (Wildman–Crippen MR) is 77.9 cm³/mol. The van der Waals surface area contributed by atoms with Crippen molar-refractivity contribution in [2.75, 3.05) is 7.05 Å². The zero-order valence-electron chi connectivity index (χ0n) is 11.3. The molecule has 0 aliphatic heterocycles. The monoisotopic (exact) mass is 280 g/mol. The number of rotatable bonds is 3. The van der Waals surface area contributed by atoms with Gasteiger partial charge in [0.15, 0.2) is 0 Å². The molecule has 1 aromatic rings. The number of hydrogen-bond donors (Lipinski definition) is 1. The molecule has 1 fully saturated rings. The van der Waals surface area contributed by atoms with Crippen molar-refractivity contribution in [1.82, 2.24) is 4.90 Å². The van der Waals surface area contributed by atoms with E-state index in [2.05, 4.69) is 0 Å². The lowest BCUT2D eigenvalue weighted by Gasteiger charge is -2.29. The summed E-state index contributed by atoms with van der Waals surface area (Å²) in [7, 11) is 1.86. The Morgan fingerprint density at radius 1 is 1.37 bits per heavy atom. The van der Waals surface area contributed by atoms with Gasteiger partial charge in [0.1, 0.15) is 0 Å². The summed E-state index contributed by atoms with van der Waals surface area (Å²) < 4.78 is 0. The number of benzene rings is 1. The Morgan fingerprint density at radius 3 is 2.68 bits per heavy atom. The molecular weight excluding hydrogens is 260 g/mol. The maximum absolute atomic E-state index is 12.4. The zero-order chi connectivity index (χ0) is 13.8. The van der Waals surface area contributed by atoms with Crippen LogP contribution in [0.25, 0.3) is 0 Å². The first-order valence-electron chi connectivity index (χ1n) is 6.81. The van der Waals surface area contributed by atoms with Gasteiger partial charge in [-0.1, -0.05) is 30.2 Å². The Hall–Kier alpha value is -1.06. The highest BCUT2D eigenvalue weighted by atomic mass is 35.5. The minimum atomic E-state index is 0.0982. The Bertz CT molecular complexity index is 432. The van der Waals surface area contributed by atoms with Gasteiger partial charge >= 0.3 is 0 Å². The molecule has 0 radical (unpaired) electrons. The fraction of sp³-hybridized carbons (Fsp3) is 0.533. The van der Waals surface area contributed by atoms with Crippen molar-refractivity contribution < 1.29 is 4.79 Å². The summed E-state index contributed by atoms with van der Waals surface area (Å²) in [5.74, 6) is 0.311. The van der Waals surface area contributed by atoms with Crippen molar-refractivity contribution in [2.24, 2.45) is 11.7 Å². The second-order valence-electron chi connectivity index (χ2n) is 5.44. The molecule has 0 spiro atoms. The number of amides is 1. The third-order valence-electron chi connectivity index (χ3n) is 3.77. The fourth-order valence-electron chi connectivity index (χ4n) is 2.71. The van der Waals surface area contributed by atoms with Crippen LogP contribution in [0.4, 0.5) is 0 Å². The van der Waals surface area contributed by atoms with E-state index in [9.17, 15) is 4.79 Å². The smallest absolute Gasteiger partial charge is 0.225 e. The molecule has 0 saturated heterocycles. The standard InChI is InChI=1S/C15H21ClN2O/c1-18(10-11-5-7-13(16)8-6-11)15(19)12-3-2-4-14(17)9-12/h5-8,12,14H,2-4,9-10,17H2,1H3. The van der Waals surface area contributed by atoms with Gasteiger partial charge in [-0.3, -0.25) is 4.79 Å². The van der Waals surface area contributed by atoms with Crippen LogP contribution < -0.4 is 5.73 Å². The normalized spacial score (nSPS) is 23.1. The largest absolute Gasteiger partial charge is 0.341 e. The number of nitrogens with zero attached hydrogens (tertiary/aromatic N) is 1. The molecule has 0 heterocycles. The van der Waals surface area contributed by atoms with Crippen LogP contribution in [-0.2, 0) is 11.3 Å². The van der Waals surface area contributed by atoms with Crippen LogP contribution in [0.15, 0.2) is 24.3 Å². The second kappa shape index (κ2) is 6.40. The summed E-state index contributed by atoms with van der Waals surface area (Å²) in [6.45, 7) is 0.627. The third-order valence-corrected chi connectivity index (χ3v) is 4.03. The van der Waals surface area contributed by atoms with Gasteiger partial charge in [-0.25, -0.2) is 0 Å². The predicted octanol–water partition coefficient (Wildman–Crippen LogP) is 2.82. The first kappa shape index (κ1) is 14.4. The van der Waals surface area contributed by atoms with E-state index in [1.807, 2.05) is 31.3 Å². The van der Waals surface area contributed by atoms with E-state index >= 15 is 0 Å². The van der Waals surface area contributed by atoms with Crippen LogP contribution in [0.3, 0.4) is 0 Å². The number of hydrogen-bond acceptors (Lipinski definition) is 2. The molecule has 104 valence electrons. The summed E-state index contributed by atoms with van der Waals surface area (Å²) in [6, 6.07) is 7.81. The summed E-state index contributed by atoms with van der Waals surface area (Å²) >= 11 is 5.85. The van der Waals surface area contributed by atoms with E-state index in [1.165, 1.54) is 0 Å². The van der Waals surface area contributed by atoms with E-state index < -0.39 is 0 Å². The molecule has 1 aliphatic carbocycles. The van der Waals surface area contributed by atoms with Gasteiger partial charge in [0.05, 0.1) is 0 Å². The maximum atomic E-state index is 12.4. The van der Waals surface area contributed by atoms with Crippen LogP contribution in [0.5, 0.6) is 0 Å². The first-order chi connectivity index (χ1) is 9.06. The topological polar surface area (TPSA) is 46.3 Å². The molecule has 2 atom stereocenters. The number of halogens is 1. The lowest BCUT2D eigenvalue weighted by atomic mass is 9.85. The van der Waals surface area contributed by atoms with Crippen LogP contribution in [-0.4, -0.2) is 23.9 Å². The number of carbonyl (C=O) groups is 1. The van der Waals surface area contributed by atoms with Gasteiger partial charge in [0.25, 0.3) is 0 Å². The van der Waals surface area contributed by atoms with E-state index in [-0.39, 0.29) is 17.9 Å². The third kappa shape index (κ3) is 3.95. The molecule has 2 N–H and O–H groups in total. The Labute approximate surface area is 119 Å². The van der Waals surface area contributed by atoms with Gasteiger partial charge in [-0.05, 0) is 37.0 Å². The van der Waals surface area contributed by atoms with Crippen LogP contribution >= 0.6 is 11.6 Å². The van der Waals surface area contributed by atoms with Crippen molar-refractivity contribution in [3.63, 3.8) is 0 Å². The molecule has 0 aromatic heterocycles. The molecule has 1 saturated carbocycles. The Kier molecular flexibility index (Phi) is 4.83. The SMILES string of the molecule is CN(Cc1ccc(Cl)cc1)C(=O)C1CCCC(N)C1. The highest BCUT2D eigenvalue weighted by molar-refractivity contribution is 6.30. The summed E-state index contributed by atoms with van der Waals surface area (Å²) in [5.41, 5.74) is 7.04. The van der Waals surface area contributed by atoms with Crippen LogP contribution in [0.2, 0.25) is 5.02 Å². The van der Waals surface area contributed by atoms with Crippen molar-refractivity contribution >= 4 is 17.5 Å². The average molecular weight is 281 g/mol. The molecular formula is C15H21ClN2O. The minimum absolute atomic E-state index is 0.0982. The Morgan fingerprint density at radius 2 is 2.05 bits per heavy atom. The summed E-state index contributed by atoms with van der Waals surface area (Å²) in [4.78, 5) is 14.2. The molecule has 3 nitrogen and oxygen atoms in total. The highest BCUT2D eigenvalue weighted by Gasteiger charge is 2.27. The quantitative estimate of drug-likeness (QED) is 0.925. The van der Waals surface area contributed by atoms with Crippen LogP contribution in [0, 0.1) is 5.92 Å². The van der Waals surface area contributed by atoms with Crippen molar-refractivity contribution in [3.05, 3.63) is 34.9 Å². The highest BCUT2D eigenvalue weighted by Crippen LogP contribution is 2.25. The molecule has 1 aliphatic rings. The molecule has 4 heteroatoms. The fourth-order valence-corrected chi connectivity index (χ4v) is 2.83. The van der Waals surface area contributed by atoms with Gasteiger partial charge in [-0.15, -0.1) is 0 Å². The lowest BCUT2D eigenvalue weighted by Crippen LogP contribution is -2.38. The molecule has 1 amide bonds. The molecule has 2 unspecified atom stereocenters. The first-order valence-corrected chi connectivity index (χ1v) is 7.19. The van der Waals surface area contributed by atoms with E-state index in [4.69, 9.17) is 17.3 Å².